The molecule has 10 nitrogen and oxygen atoms in total. The summed E-state index contributed by atoms with van der Waals surface area (Å²) in [5, 5.41) is 20.7. The highest BCUT2D eigenvalue weighted by Gasteiger charge is 2.24. The third-order valence-electron chi connectivity index (χ3n) is 8.64. The van der Waals surface area contributed by atoms with E-state index in [0.717, 1.165) is 31.5 Å². The van der Waals surface area contributed by atoms with Crippen molar-refractivity contribution in [3.63, 3.8) is 0 Å². The molecule has 0 saturated carbocycles. The van der Waals surface area contributed by atoms with Gasteiger partial charge in [-0.3, -0.25) is 9.59 Å². The number of nitrogens with one attached hydrogen (secondary N) is 2. The molecule has 4 heterocycles. The van der Waals surface area contributed by atoms with Crippen molar-refractivity contribution in [2.75, 3.05) is 30.8 Å². The molecule has 0 aliphatic carbocycles. The number of pyridine rings is 2. The van der Waals surface area contributed by atoms with Crippen LogP contribution in [0.4, 0.5) is 21.7 Å². The molecule has 3 N–H and O–H groups in total. The molecule has 1 aliphatic heterocycles. The minimum Gasteiger partial charge on any atom is -0.392 e. The summed E-state index contributed by atoms with van der Waals surface area (Å²) in [5.74, 6) is -0.418. The van der Waals surface area contributed by atoms with Crippen molar-refractivity contribution in [3.05, 3.63) is 105 Å². The first-order chi connectivity index (χ1) is 22.9. The number of benzene rings is 1. The number of rotatable bonds is 8. The largest absolute Gasteiger partial charge is 0.392 e. The third-order valence-corrected chi connectivity index (χ3v) is 8.64. The van der Waals surface area contributed by atoms with Crippen LogP contribution < -0.4 is 16.2 Å². The first-order valence-corrected chi connectivity index (χ1v) is 16.0. The van der Waals surface area contributed by atoms with Gasteiger partial charge in [0.05, 0.1) is 17.9 Å². The Hall–Kier alpha value is -4.96. The quantitative estimate of drug-likeness (QED) is 0.194. The Kier molecular flexibility index (Phi) is 10.3. The maximum Gasteiger partial charge on any atom is 0.290 e. The summed E-state index contributed by atoms with van der Waals surface area (Å²) in [7, 11) is 3.66. The number of amides is 1. The highest BCUT2D eigenvalue weighted by atomic mass is 19.1. The van der Waals surface area contributed by atoms with Crippen molar-refractivity contribution < 1.29 is 14.3 Å². The molecule has 0 atom stereocenters. The number of allylic oxidation sites excluding steroid dienone is 1. The van der Waals surface area contributed by atoms with Gasteiger partial charge >= 0.3 is 0 Å². The summed E-state index contributed by atoms with van der Waals surface area (Å²) in [6.45, 7) is 9.26. The van der Waals surface area contributed by atoms with Gasteiger partial charge in [-0.2, -0.15) is 5.10 Å². The molecule has 48 heavy (non-hydrogen) atoms. The second-order valence-corrected chi connectivity index (χ2v) is 13.1. The van der Waals surface area contributed by atoms with Crippen LogP contribution in [-0.2, 0) is 19.1 Å². The van der Waals surface area contributed by atoms with E-state index in [2.05, 4.69) is 43.4 Å². The van der Waals surface area contributed by atoms with Crippen LogP contribution in [0.25, 0.3) is 17.3 Å². The lowest BCUT2D eigenvalue weighted by Crippen LogP contribution is -2.29. The number of anilines is 3. The molecule has 11 heteroatoms. The van der Waals surface area contributed by atoms with Crippen LogP contribution >= 0.6 is 0 Å². The first-order valence-electron chi connectivity index (χ1n) is 16.0. The van der Waals surface area contributed by atoms with Crippen molar-refractivity contribution in [2.45, 2.75) is 58.5 Å². The maximum atomic E-state index is 15.5. The number of aliphatic hydroxyl groups excluding tert-OH is 1. The van der Waals surface area contributed by atoms with Gasteiger partial charge in [0, 0.05) is 30.6 Å². The lowest BCUT2D eigenvalue weighted by atomic mass is 9.84. The molecule has 1 amide bonds. The monoisotopic (exact) mass is 651 g/mol. The zero-order valence-electron chi connectivity index (χ0n) is 28.3. The van der Waals surface area contributed by atoms with Crippen molar-refractivity contribution in [1.82, 2.24) is 24.6 Å². The van der Waals surface area contributed by atoms with Crippen LogP contribution in [0.3, 0.4) is 0 Å². The summed E-state index contributed by atoms with van der Waals surface area (Å²) in [5.41, 5.74) is 5.57. The summed E-state index contributed by atoms with van der Waals surface area (Å²) >= 11 is 0. The lowest BCUT2D eigenvalue weighted by molar-refractivity contribution is 0.102. The smallest absolute Gasteiger partial charge is 0.290 e. The molecular formula is C37H42FN7O3. The van der Waals surface area contributed by atoms with Gasteiger partial charge in [-0.25, -0.2) is 19.0 Å². The number of aromatic nitrogens is 4. The lowest BCUT2D eigenvalue weighted by Gasteiger charge is -2.29. The number of aliphatic hydroxyl groups is 1. The van der Waals surface area contributed by atoms with Gasteiger partial charge < -0.3 is 20.6 Å². The van der Waals surface area contributed by atoms with Gasteiger partial charge in [0.25, 0.3) is 11.5 Å². The predicted molar refractivity (Wildman–Crippen MR) is 187 cm³/mol. The molecule has 1 saturated heterocycles. The third kappa shape index (κ3) is 7.60. The zero-order valence-corrected chi connectivity index (χ0v) is 28.3. The van der Waals surface area contributed by atoms with Crippen LogP contribution in [0.1, 0.15) is 79.1 Å². The number of hydrogen-bond acceptors (Lipinski definition) is 8. The molecule has 1 aromatic carbocycles. The molecule has 0 unspecified atom stereocenters. The van der Waals surface area contributed by atoms with E-state index in [1.54, 1.807) is 37.3 Å². The number of likely N-dealkylation sites (tertiary alicyclic amines) is 1. The van der Waals surface area contributed by atoms with Crippen LogP contribution in [0.2, 0.25) is 0 Å². The molecule has 0 spiro atoms. The number of carbonyl (C=O) groups excluding carboxylic acids is 1. The van der Waals surface area contributed by atoms with E-state index in [-0.39, 0.29) is 33.6 Å². The molecule has 0 radical (unpaired) electrons. The normalized spacial score (nSPS) is 13.9. The van der Waals surface area contributed by atoms with Gasteiger partial charge in [-0.15, -0.1) is 5.73 Å². The van der Waals surface area contributed by atoms with Crippen LogP contribution in [0, 0.1) is 5.82 Å². The summed E-state index contributed by atoms with van der Waals surface area (Å²) in [6, 6.07) is 10.2. The highest BCUT2D eigenvalue weighted by Crippen LogP contribution is 2.31. The van der Waals surface area contributed by atoms with E-state index in [4.69, 9.17) is 0 Å². The van der Waals surface area contributed by atoms with E-state index in [1.165, 1.54) is 29.6 Å². The number of halogens is 1. The summed E-state index contributed by atoms with van der Waals surface area (Å²) in [6.07, 6.45) is 8.69. The number of aryl methyl sites for hydroxylation is 1. The Labute approximate surface area is 280 Å². The molecule has 250 valence electrons. The van der Waals surface area contributed by atoms with Crippen LogP contribution in [-0.4, -0.2) is 55.8 Å². The van der Waals surface area contributed by atoms with Gasteiger partial charge in [0.15, 0.2) is 0 Å². The number of hydrogen-bond donors (Lipinski definition) is 3. The zero-order chi connectivity index (χ0) is 34.6. The Morgan fingerprint density at radius 2 is 1.88 bits per heavy atom. The van der Waals surface area contributed by atoms with E-state index < -0.39 is 18.3 Å². The Morgan fingerprint density at radius 1 is 1.12 bits per heavy atom. The van der Waals surface area contributed by atoms with E-state index in [0.29, 0.717) is 28.6 Å². The second kappa shape index (κ2) is 14.4. The molecule has 1 fully saturated rings. The van der Waals surface area contributed by atoms with Gasteiger partial charge in [-0.05, 0) is 110 Å². The van der Waals surface area contributed by atoms with Crippen molar-refractivity contribution in [1.29, 1.82) is 0 Å². The summed E-state index contributed by atoms with van der Waals surface area (Å²) < 4.78 is 16.7. The topological polar surface area (TPSA) is 125 Å². The van der Waals surface area contributed by atoms with Crippen molar-refractivity contribution >= 4 is 29.3 Å². The summed E-state index contributed by atoms with van der Waals surface area (Å²) in [4.78, 5) is 37.9. The number of piperidine rings is 1. The number of nitrogens with zero attached hydrogens (tertiary/aromatic N) is 5. The van der Waals surface area contributed by atoms with Gasteiger partial charge in [0.1, 0.15) is 23.1 Å². The molecule has 0 bridgehead atoms. The van der Waals surface area contributed by atoms with Crippen LogP contribution in [0.5, 0.6) is 0 Å². The van der Waals surface area contributed by atoms with E-state index in [9.17, 15) is 14.7 Å². The van der Waals surface area contributed by atoms with Crippen LogP contribution in [0.15, 0.2) is 65.4 Å². The fourth-order valence-corrected chi connectivity index (χ4v) is 5.79. The fourth-order valence-electron chi connectivity index (χ4n) is 5.79. The van der Waals surface area contributed by atoms with Gasteiger partial charge in [0.2, 0.25) is 0 Å². The Balaban J connectivity index is 1.45. The van der Waals surface area contributed by atoms with E-state index in [1.807, 2.05) is 39.1 Å². The minimum absolute atomic E-state index is 0.0385. The van der Waals surface area contributed by atoms with Gasteiger partial charge in [-0.1, -0.05) is 26.8 Å². The standard InChI is InChI=1S/C37H42FN7O3/c1-7-8-9-24-18-26(37(2,3)4)19-29(38)33(24)35(47)42-34-28(22-46)27(12-15-39-34)30-20-31(36(48)45(6)43-30)41-32-11-10-25(21-40-32)23-13-16-44(5)17-14-23/h7,9-12,15,18-21,23,46H,13-14,16-17,22H2,1-6H3,(H,40,41)(H,39,42,47). The average Bonchev–Trinajstić information content (AvgIpc) is 3.05. The number of carbonyl (C=O) groups is 1. The predicted octanol–water partition coefficient (Wildman–Crippen LogP) is 6.16. The SMILES string of the molecule is CC=C=Cc1cc(C(C)(C)C)cc(F)c1C(=O)Nc1nccc(-c2cc(Nc3ccc(C4CCN(C)CC4)cn3)c(=O)n(C)n2)c1CO. The fraction of sp³-hybridized carbons (Fsp3) is 0.351. The average molecular weight is 652 g/mol. The molecule has 1 aliphatic rings. The minimum atomic E-state index is -0.734. The second-order valence-electron chi connectivity index (χ2n) is 13.1. The Bertz CT molecular complexity index is 1930. The van der Waals surface area contributed by atoms with Crippen molar-refractivity contribution in [3.8, 4) is 11.3 Å². The molecular weight excluding hydrogens is 609 g/mol. The first kappa shape index (κ1) is 34.4. The highest BCUT2D eigenvalue weighted by molar-refractivity contribution is 6.07. The Morgan fingerprint density at radius 3 is 2.52 bits per heavy atom. The van der Waals surface area contributed by atoms with E-state index >= 15 is 4.39 Å². The molecule has 3 aromatic heterocycles. The van der Waals surface area contributed by atoms with Crippen molar-refractivity contribution in [2.24, 2.45) is 7.05 Å². The molecule has 5 rings (SSSR count). The maximum absolute atomic E-state index is 15.5. The molecule has 4 aromatic rings.